The van der Waals surface area contributed by atoms with Crippen LogP contribution in [0.3, 0.4) is 0 Å². The molecule has 39 heavy (non-hydrogen) atoms. The summed E-state index contributed by atoms with van der Waals surface area (Å²) in [6.07, 6.45) is 2.19. The lowest BCUT2D eigenvalue weighted by Crippen LogP contribution is -2.71. The van der Waals surface area contributed by atoms with Gasteiger partial charge in [-0.2, -0.15) is 0 Å². The van der Waals surface area contributed by atoms with Gasteiger partial charge in [0.1, 0.15) is 29.9 Å². The Labute approximate surface area is 233 Å². The maximum Gasteiger partial charge on any atom is 0.358 e. The van der Waals surface area contributed by atoms with Crippen molar-refractivity contribution in [3.05, 3.63) is 22.3 Å². The second kappa shape index (κ2) is 11.9. The molecule has 212 valence electrons. The van der Waals surface area contributed by atoms with E-state index in [-0.39, 0.29) is 28.3 Å². The van der Waals surface area contributed by atoms with Crippen LogP contribution in [0.25, 0.3) is 0 Å². The van der Waals surface area contributed by atoms with Crippen LogP contribution in [0.5, 0.6) is 0 Å². The highest BCUT2D eigenvalue weighted by atomic mass is 32.2. The molecule has 3 N–H and O–H groups in total. The average Bonchev–Trinajstić information content (AvgIpc) is 3.34. The Morgan fingerprint density at radius 2 is 2.05 bits per heavy atom. The smallest absolute Gasteiger partial charge is 0.358 e. The van der Waals surface area contributed by atoms with E-state index in [1.165, 1.54) is 23.8 Å². The van der Waals surface area contributed by atoms with Gasteiger partial charge in [0.05, 0.1) is 11.5 Å². The summed E-state index contributed by atoms with van der Waals surface area (Å²) in [6, 6.07) is -0.934. The highest BCUT2D eigenvalue weighted by Gasteiger charge is 2.55. The summed E-state index contributed by atoms with van der Waals surface area (Å²) in [6.45, 7) is 5.00. The number of nitrogens with two attached hydrogens (primary N) is 1. The van der Waals surface area contributed by atoms with Gasteiger partial charge in [0.25, 0.3) is 11.8 Å². The molecule has 0 bridgehead atoms. The van der Waals surface area contributed by atoms with Crippen LogP contribution in [0.2, 0.25) is 0 Å². The number of carbonyl (C=O) groups excluding carboxylic acids is 4. The average molecular weight is 582 g/mol. The zero-order valence-electron chi connectivity index (χ0n) is 22.1. The number of rotatable bonds is 8. The van der Waals surface area contributed by atoms with Crippen molar-refractivity contribution in [2.24, 2.45) is 10.6 Å². The molecule has 1 aromatic heterocycles. The van der Waals surface area contributed by atoms with Crippen LogP contribution in [0, 0.1) is 5.41 Å². The van der Waals surface area contributed by atoms with Crippen molar-refractivity contribution in [1.29, 1.82) is 0 Å². The predicted molar refractivity (Wildman–Crippen MR) is 142 cm³/mol. The van der Waals surface area contributed by atoms with Crippen molar-refractivity contribution in [3.63, 3.8) is 0 Å². The molecule has 0 saturated carbocycles. The number of thiazole rings is 1. The molecule has 4 rings (SSSR count). The third kappa shape index (κ3) is 6.20. The number of hydrogen-bond donors (Lipinski definition) is 2. The Morgan fingerprint density at radius 1 is 1.28 bits per heavy atom. The molecule has 3 atom stereocenters. The van der Waals surface area contributed by atoms with E-state index >= 15 is 0 Å². The lowest BCUT2D eigenvalue weighted by molar-refractivity contribution is -0.173. The van der Waals surface area contributed by atoms with Crippen LogP contribution in [0.4, 0.5) is 5.13 Å². The van der Waals surface area contributed by atoms with E-state index in [2.05, 4.69) is 15.5 Å². The fourth-order valence-corrected chi connectivity index (χ4v) is 6.17. The van der Waals surface area contributed by atoms with Gasteiger partial charge >= 0.3 is 11.9 Å². The zero-order valence-corrected chi connectivity index (χ0v) is 23.7. The van der Waals surface area contributed by atoms with Crippen LogP contribution in [0.1, 0.15) is 45.7 Å². The van der Waals surface area contributed by atoms with Gasteiger partial charge in [-0.1, -0.05) is 5.16 Å². The van der Waals surface area contributed by atoms with E-state index in [1.54, 1.807) is 26.2 Å². The van der Waals surface area contributed by atoms with Gasteiger partial charge in [0, 0.05) is 17.7 Å². The molecule has 15 heteroatoms. The monoisotopic (exact) mass is 581 g/mol. The molecule has 4 heterocycles. The minimum atomic E-state index is -0.934. The van der Waals surface area contributed by atoms with Gasteiger partial charge in [-0.15, -0.1) is 23.1 Å². The SMILES string of the molecule is CO/N=C(\C(=O)N[C@@H]1C(=O)N2C(C(=O)OCOC(=O)C(C)(C)C)=C(C3CCCCO3)CS[C@H]12)c1csc(N)n1. The minimum absolute atomic E-state index is 0.0611. The van der Waals surface area contributed by atoms with Gasteiger partial charge < -0.3 is 30.1 Å². The van der Waals surface area contributed by atoms with E-state index in [0.717, 1.165) is 24.2 Å². The first kappa shape index (κ1) is 28.8. The molecule has 13 nitrogen and oxygen atoms in total. The highest BCUT2D eigenvalue weighted by molar-refractivity contribution is 8.00. The highest BCUT2D eigenvalue weighted by Crippen LogP contribution is 2.43. The van der Waals surface area contributed by atoms with Crippen molar-refractivity contribution < 1.29 is 38.2 Å². The number of ether oxygens (including phenoxy) is 3. The molecule has 0 aromatic carbocycles. The summed E-state index contributed by atoms with van der Waals surface area (Å²) in [5.41, 5.74) is 5.69. The molecule has 1 aromatic rings. The fraction of sp³-hybridized carbons (Fsp3) is 0.583. The standard InChI is InChI=1S/C24H31N5O8S2/c1-24(2,3)22(33)37-11-36-21(32)17-12(14-7-5-6-8-35-14)9-38-20-16(19(31)29(17)20)27-18(30)15(28-34-4)13-10-39-23(25)26-13/h10,14,16,20H,5-9,11H2,1-4H3,(H2,25,26)(H,27,30)/b28-15-/t14?,16-,20-/m1/s1. The lowest BCUT2D eigenvalue weighted by atomic mass is 9.96. The summed E-state index contributed by atoms with van der Waals surface area (Å²) in [4.78, 5) is 61.9. The Morgan fingerprint density at radius 3 is 2.67 bits per heavy atom. The number of β-lactam (4-membered cyclic amide) rings is 1. The number of hydrogen-bond acceptors (Lipinski definition) is 13. The molecule has 0 aliphatic carbocycles. The summed E-state index contributed by atoms with van der Waals surface area (Å²) >= 11 is 2.53. The molecule has 0 radical (unpaired) electrons. The molecule has 1 unspecified atom stereocenters. The summed E-state index contributed by atoms with van der Waals surface area (Å²) in [7, 11) is 1.28. The number of nitrogens with one attached hydrogen (secondary N) is 1. The lowest BCUT2D eigenvalue weighted by Gasteiger charge is -2.50. The van der Waals surface area contributed by atoms with Crippen molar-refractivity contribution in [2.45, 2.75) is 57.6 Å². The van der Waals surface area contributed by atoms with Crippen molar-refractivity contribution in [1.82, 2.24) is 15.2 Å². The van der Waals surface area contributed by atoms with E-state index in [1.807, 2.05) is 0 Å². The van der Waals surface area contributed by atoms with Gasteiger partial charge in [0.2, 0.25) is 6.79 Å². The number of anilines is 1. The van der Waals surface area contributed by atoms with Crippen molar-refractivity contribution in [3.8, 4) is 0 Å². The van der Waals surface area contributed by atoms with Crippen molar-refractivity contribution >= 4 is 57.7 Å². The summed E-state index contributed by atoms with van der Waals surface area (Å²) < 4.78 is 16.3. The molecular formula is C24H31N5O8S2. The second-order valence-corrected chi connectivity index (χ2v) is 12.0. The number of carbonyl (C=O) groups is 4. The number of amides is 2. The van der Waals surface area contributed by atoms with Crippen LogP contribution in [-0.2, 0) is 38.2 Å². The van der Waals surface area contributed by atoms with E-state index in [4.69, 9.17) is 24.8 Å². The molecule has 2 saturated heterocycles. The van der Waals surface area contributed by atoms with Crippen LogP contribution < -0.4 is 11.1 Å². The number of esters is 2. The van der Waals surface area contributed by atoms with E-state index in [9.17, 15) is 19.2 Å². The van der Waals surface area contributed by atoms with Gasteiger partial charge in [-0.25, -0.2) is 9.78 Å². The molecule has 2 amide bonds. The molecule has 3 aliphatic heterocycles. The van der Waals surface area contributed by atoms with Crippen LogP contribution in [-0.4, -0.2) is 83.1 Å². The first-order valence-corrected chi connectivity index (χ1v) is 14.2. The molecule has 3 aliphatic rings. The number of aromatic nitrogens is 1. The maximum absolute atomic E-state index is 13.3. The van der Waals surface area contributed by atoms with Crippen molar-refractivity contribution in [2.75, 3.05) is 32.0 Å². The first-order chi connectivity index (χ1) is 18.5. The Balaban J connectivity index is 1.52. The number of thioether (sulfide) groups is 1. The zero-order chi connectivity index (χ0) is 28.3. The van der Waals surface area contributed by atoms with E-state index < -0.39 is 47.4 Å². The van der Waals surface area contributed by atoms with E-state index in [0.29, 0.717) is 24.4 Å². The number of oxime groups is 1. The number of fused-ring (bicyclic) bond motifs is 1. The van der Waals surface area contributed by atoms with Gasteiger partial charge in [0.15, 0.2) is 10.8 Å². The Bertz CT molecular complexity index is 1200. The number of nitrogen functional groups attached to an aromatic ring is 1. The molecular weight excluding hydrogens is 550 g/mol. The molecule has 2 fully saturated rings. The third-order valence-electron chi connectivity index (χ3n) is 6.20. The van der Waals surface area contributed by atoms with Gasteiger partial charge in [-0.05, 0) is 45.6 Å². The quantitative estimate of drug-likeness (QED) is 0.149. The topological polar surface area (TPSA) is 172 Å². The minimum Gasteiger partial charge on any atom is -0.427 e. The van der Waals surface area contributed by atoms with Gasteiger partial charge in [-0.3, -0.25) is 19.3 Å². The first-order valence-electron chi connectivity index (χ1n) is 12.3. The largest absolute Gasteiger partial charge is 0.427 e. The summed E-state index contributed by atoms with van der Waals surface area (Å²) in [5.74, 6) is -2.12. The maximum atomic E-state index is 13.3. The predicted octanol–water partition coefficient (Wildman–Crippen LogP) is 1.39. The van der Waals surface area contributed by atoms with Crippen LogP contribution in [0.15, 0.2) is 21.8 Å². The normalized spacial score (nSPS) is 23.5. The molecule has 0 spiro atoms. The van der Waals surface area contributed by atoms with Crippen LogP contribution >= 0.6 is 23.1 Å². The fourth-order valence-electron chi connectivity index (χ4n) is 4.22. The third-order valence-corrected chi connectivity index (χ3v) is 8.18. The Kier molecular flexibility index (Phi) is 8.81. The number of nitrogens with zero attached hydrogens (tertiary/aromatic N) is 3. The Hall–Kier alpha value is -3.17. The second-order valence-electron chi connectivity index (χ2n) is 10.0. The summed E-state index contributed by atoms with van der Waals surface area (Å²) in [5, 5.41) is 7.65.